The van der Waals surface area contributed by atoms with E-state index in [9.17, 15) is 13.2 Å². The number of fused-ring (bicyclic) bond motifs is 1. The predicted molar refractivity (Wildman–Crippen MR) is 60.0 cm³/mol. The summed E-state index contributed by atoms with van der Waals surface area (Å²) in [6.07, 6.45) is 0.447. The Morgan fingerprint density at radius 3 is 2.75 bits per heavy atom. The zero-order valence-electron chi connectivity index (χ0n) is 8.93. The average Bonchev–Trinajstić information content (AvgIpc) is 2.27. The Morgan fingerprint density at radius 1 is 1.31 bits per heavy atom. The molecule has 2 rings (SSSR count). The van der Waals surface area contributed by atoms with Gasteiger partial charge in [0.1, 0.15) is 0 Å². The molecule has 1 unspecified atom stereocenters. The molecule has 0 spiro atoms. The van der Waals surface area contributed by atoms with Crippen LogP contribution >= 0.6 is 0 Å². The van der Waals surface area contributed by atoms with Gasteiger partial charge in [-0.1, -0.05) is 12.1 Å². The maximum Gasteiger partial charge on any atom is 0.252 e. The Kier molecular flexibility index (Phi) is 2.71. The highest BCUT2D eigenvalue weighted by molar-refractivity contribution is 7.92. The van der Waals surface area contributed by atoms with Crippen LogP contribution in [0.15, 0.2) is 29.2 Å². The zero-order valence-corrected chi connectivity index (χ0v) is 9.75. The Hall–Kier alpha value is -1.36. The molecular weight excluding hydrogens is 226 g/mol. The summed E-state index contributed by atoms with van der Waals surface area (Å²) in [5, 5.41) is 2.24. The van der Waals surface area contributed by atoms with Crippen molar-refractivity contribution in [3.05, 3.63) is 29.8 Å². The van der Waals surface area contributed by atoms with Gasteiger partial charge >= 0.3 is 0 Å². The first-order valence-electron chi connectivity index (χ1n) is 5.14. The molecule has 0 aliphatic carbocycles. The molecular formula is C11H13NO3S. The lowest BCUT2D eigenvalue weighted by Gasteiger charge is -2.19. The SMILES string of the molecule is CC1CCNC(=O)c2ccccc2S1(=O)=O. The van der Waals surface area contributed by atoms with Crippen molar-refractivity contribution >= 4 is 15.7 Å². The molecule has 1 heterocycles. The molecule has 1 aromatic carbocycles. The highest BCUT2D eigenvalue weighted by atomic mass is 32.2. The number of benzene rings is 1. The van der Waals surface area contributed by atoms with Gasteiger partial charge in [0.15, 0.2) is 9.84 Å². The summed E-state index contributed by atoms with van der Waals surface area (Å²) in [7, 11) is -3.37. The van der Waals surface area contributed by atoms with Gasteiger partial charge in [0.2, 0.25) is 0 Å². The fourth-order valence-corrected chi connectivity index (χ4v) is 3.36. The molecule has 0 bridgehead atoms. The molecule has 1 aliphatic rings. The van der Waals surface area contributed by atoms with Crippen molar-refractivity contribution in [1.82, 2.24) is 5.32 Å². The summed E-state index contributed by atoms with van der Waals surface area (Å²) >= 11 is 0. The van der Waals surface area contributed by atoms with Crippen molar-refractivity contribution in [1.29, 1.82) is 0 Å². The lowest BCUT2D eigenvalue weighted by molar-refractivity contribution is 0.0949. The van der Waals surface area contributed by atoms with Gasteiger partial charge < -0.3 is 5.32 Å². The van der Waals surface area contributed by atoms with Gasteiger partial charge in [-0.3, -0.25) is 4.79 Å². The van der Waals surface area contributed by atoms with Gasteiger partial charge in [-0.05, 0) is 25.5 Å². The minimum absolute atomic E-state index is 0.139. The molecule has 1 amide bonds. The van der Waals surface area contributed by atoms with Gasteiger partial charge in [-0.25, -0.2) is 8.42 Å². The van der Waals surface area contributed by atoms with Crippen molar-refractivity contribution in [3.8, 4) is 0 Å². The second-order valence-electron chi connectivity index (χ2n) is 3.90. The van der Waals surface area contributed by atoms with E-state index in [4.69, 9.17) is 0 Å². The average molecular weight is 239 g/mol. The molecule has 1 N–H and O–H groups in total. The van der Waals surface area contributed by atoms with Crippen LogP contribution < -0.4 is 5.32 Å². The van der Waals surface area contributed by atoms with Crippen molar-refractivity contribution in [2.24, 2.45) is 0 Å². The minimum atomic E-state index is -3.37. The molecule has 0 radical (unpaired) electrons. The normalized spacial score (nSPS) is 23.8. The molecule has 86 valence electrons. The molecule has 1 aliphatic heterocycles. The first kappa shape index (κ1) is 11.1. The fourth-order valence-electron chi connectivity index (χ4n) is 1.76. The lowest BCUT2D eigenvalue weighted by atomic mass is 10.2. The van der Waals surface area contributed by atoms with E-state index in [0.29, 0.717) is 13.0 Å². The van der Waals surface area contributed by atoms with Crippen LogP contribution in [-0.2, 0) is 9.84 Å². The second-order valence-corrected chi connectivity index (χ2v) is 6.23. The number of rotatable bonds is 0. The smallest absolute Gasteiger partial charge is 0.252 e. The van der Waals surface area contributed by atoms with E-state index >= 15 is 0 Å². The van der Waals surface area contributed by atoms with Crippen molar-refractivity contribution in [2.75, 3.05) is 6.54 Å². The van der Waals surface area contributed by atoms with Gasteiger partial charge in [-0.2, -0.15) is 0 Å². The van der Waals surface area contributed by atoms with Crippen molar-refractivity contribution in [2.45, 2.75) is 23.5 Å². The van der Waals surface area contributed by atoms with E-state index < -0.39 is 15.1 Å². The summed E-state index contributed by atoms with van der Waals surface area (Å²) in [6.45, 7) is 2.07. The molecule has 4 nitrogen and oxygen atoms in total. The van der Waals surface area contributed by atoms with Crippen LogP contribution in [0.4, 0.5) is 0 Å². The van der Waals surface area contributed by atoms with Crippen molar-refractivity contribution < 1.29 is 13.2 Å². The quantitative estimate of drug-likeness (QED) is 0.734. The maximum absolute atomic E-state index is 12.1. The van der Waals surface area contributed by atoms with Crippen LogP contribution in [0.5, 0.6) is 0 Å². The van der Waals surface area contributed by atoms with E-state index in [-0.39, 0.29) is 16.4 Å². The Balaban J connectivity index is 2.67. The van der Waals surface area contributed by atoms with E-state index in [1.54, 1.807) is 25.1 Å². The van der Waals surface area contributed by atoms with E-state index in [1.807, 2.05) is 0 Å². The molecule has 1 aromatic rings. The van der Waals surface area contributed by atoms with Crippen LogP contribution in [0, 0.1) is 0 Å². The Bertz CT molecular complexity index is 522. The zero-order chi connectivity index (χ0) is 11.8. The number of amides is 1. The Labute approximate surface area is 94.6 Å². The molecule has 0 fully saturated rings. The number of hydrogen-bond acceptors (Lipinski definition) is 3. The van der Waals surface area contributed by atoms with E-state index in [0.717, 1.165) is 0 Å². The minimum Gasteiger partial charge on any atom is -0.352 e. The van der Waals surface area contributed by atoms with E-state index in [2.05, 4.69) is 5.32 Å². The van der Waals surface area contributed by atoms with Crippen LogP contribution in [0.3, 0.4) is 0 Å². The summed E-state index contributed by atoms with van der Waals surface area (Å²) in [4.78, 5) is 11.8. The van der Waals surface area contributed by atoms with Crippen LogP contribution in [-0.4, -0.2) is 26.1 Å². The Morgan fingerprint density at radius 2 is 2.00 bits per heavy atom. The van der Waals surface area contributed by atoms with Crippen LogP contribution in [0.1, 0.15) is 23.7 Å². The molecule has 0 aromatic heterocycles. The monoisotopic (exact) mass is 239 g/mol. The highest BCUT2D eigenvalue weighted by Crippen LogP contribution is 2.23. The van der Waals surface area contributed by atoms with Gasteiger partial charge in [-0.15, -0.1) is 0 Å². The third kappa shape index (κ3) is 1.71. The van der Waals surface area contributed by atoms with Crippen LogP contribution in [0.25, 0.3) is 0 Å². The summed E-state index contributed by atoms with van der Waals surface area (Å²) in [5.41, 5.74) is 0.244. The van der Waals surface area contributed by atoms with Crippen molar-refractivity contribution in [3.63, 3.8) is 0 Å². The summed E-state index contributed by atoms with van der Waals surface area (Å²) < 4.78 is 24.3. The van der Waals surface area contributed by atoms with Crippen LogP contribution in [0.2, 0.25) is 0 Å². The standard InChI is InChI=1S/C11H13NO3S/c1-8-6-7-12-11(13)9-4-2-3-5-10(9)16(8,14)15/h2-5,8H,6-7H2,1H3,(H,12,13). The number of nitrogens with one attached hydrogen (secondary N) is 1. The first-order chi connectivity index (χ1) is 7.53. The topological polar surface area (TPSA) is 63.2 Å². The van der Waals surface area contributed by atoms with Gasteiger partial charge in [0.25, 0.3) is 5.91 Å². The summed E-state index contributed by atoms with van der Waals surface area (Å²) in [6, 6.07) is 6.34. The highest BCUT2D eigenvalue weighted by Gasteiger charge is 2.29. The third-order valence-electron chi connectivity index (χ3n) is 2.80. The first-order valence-corrected chi connectivity index (χ1v) is 6.69. The summed E-state index contributed by atoms with van der Waals surface area (Å²) in [5.74, 6) is -0.314. The number of carbonyl (C=O) groups excluding carboxylic acids is 1. The molecule has 16 heavy (non-hydrogen) atoms. The molecule has 0 saturated heterocycles. The molecule has 0 saturated carbocycles. The molecule has 1 atom stereocenters. The molecule has 5 heteroatoms. The number of sulfone groups is 1. The lowest BCUT2D eigenvalue weighted by Crippen LogP contribution is -2.34. The number of carbonyl (C=O) groups is 1. The fraction of sp³-hybridized carbons (Fsp3) is 0.364. The maximum atomic E-state index is 12.1. The van der Waals surface area contributed by atoms with Gasteiger partial charge in [0, 0.05) is 6.54 Å². The van der Waals surface area contributed by atoms with E-state index in [1.165, 1.54) is 6.07 Å². The number of hydrogen-bond donors (Lipinski definition) is 1. The second kappa shape index (κ2) is 3.90. The third-order valence-corrected chi connectivity index (χ3v) is 5.07. The predicted octanol–water partition coefficient (Wildman–Crippen LogP) is 0.982. The largest absolute Gasteiger partial charge is 0.352 e. The van der Waals surface area contributed by atoms with Gasteiger partial charge in [0.05, 0.1) is 15.7 Å².